The van der Waals surface area contributed by atoms with E-state index in [1.165, 1.54) is 16.4 Å². The van der Waals surface area contributed by atoms with E-state index in [0.29, 0.717) is 39.3 Å². The Kier molecular flexibility index (Phi) is 5.76. The van der Waals surface area contributed by atoms with E-state index in [0.717, 1.165) is 0 Å². The summed E-state index contributed by atoms with van der Waals surface area (Å²) in [5, 5.41) is 14.5. The van der Waals surface area contributed by atoms with Crippen LogP contribution in [0.2, 0.25) is 0 Å². The van der Waals surface area contributed by atoms with Gasteiger partial charge in [-0.1, -0.05) is 11.8 Å². The van der Waals surface area contributed by atoms with Gasteiger partial charge in [-0.25, -0.2) is 0 Å². The first-order valence-electron chi connectivity index (χ1n) is 9.28. The van der Waals surface area contributed by atoms with Gasteiger partial charge in [-0.05, 0) is 47.7 Å². The molecule has 1 atom stereocenters. The summed E-state index contributed by atoms with van der Waals surface area (Å²) in [5.41, 5.74) is 1.51. The fourth-order valence-electron chi connectivity index (χ4n) is 3.05. The number of aromatic nitrogens is 4. The fourth-order valence-corrected chi connectivity index (χ4v) is 3.93. The largest absolute Gasteiger partial charge is 0.497 e. The summed E-state index contributed by atoms with van der Waals surface area (Å²) < 4.78 is 17.5. The number of anilines is 1. The van der Waals surface area contributed by atoms with E-state index in [1.54, 1.807) is 57.5 Å². The van der Waals surface area contributed by atoms with Crippen molar-refractivity contribution in [2.45, 2.75) is 17.3 Å². The Bertz CT molecular complexity index is 1150. The van der Waals surface area contributed by atoms with Gasteiger partial charge in [0.05, 0.1) is 25.2 Å². The Balaban J connectivity index is 1.58. The molecule has 0 bridgehead atoms. The predicted molar refractivity (Wildman–Crippen MR) is 112 cm³/mol. The molecule has 1 unspecified atom stereocenters. The number of carbonyl (C=O) groups excluding carboxylic acids is 2. The van der Waals surface area contributed by atoms with Crippen LogP contribution in [0.15, 0.2) is 41.6 Å². The molecule has 2 aromatic carbocycles. The molecule has 11 heteroatoms. The molecule has 3 aromatic rings. The minimum Gasteiger partial charge on any atom is -0.497 e. The summed E-state index contributed by atoms with van der Waals surface area (Å²) in [6, 6.07) is 10.2. The standard InChI is InChI=1S/C20H19N5O5S/c1-11(19(27)12-4-6-16-14(8-12)21-18(26)10-30-16)31-20-22-23-24-25(20)15-9-13(28-2)5-7-17(15)29-3/h4-9,11H,10H2,1-3H3,(H,21,26). The maximum Gasteiger partial charge on any atom is 0.262 e. The molecule has 4 rings (SSSR count). The van der Waals surface area contributed by atoms with Crippen molar-refractivity contribution in [3.63, 3.8) is 0 Å². The summed E-state index contributed by atoms with van der Waals surface area (Å²) in [5.74, 6) is 1.31. The molecule has 0 aliphatic carbocycles. The zero-order chi connectivity index (χ0) is 22.0. The van der Waals surface area contributed by atoms with Gasteiger partial charge < -0.3 is 19.5 Å². The lowest BCUT2D eigenvalue weighted by Crippen LogP contribution is -2.25. The van der Waals surface area contributed by atoms with Crippen LogP contribution in [0.25, 0.3) is 5.69 Å². The van der Waals surface area contributed by atoms with Crippen molar-refractivity contribution in [3.05, 3.63) is 42.0 Å². The Labute approximate surface area is 181 Å². The second kappa shape index (κ2) is 8.64. The van der Waals surface area contributed by atoms with Crippen LogP contribution in [-0.2, 0) is 4.79 Å². The number of hydrogen-bond acceptors (Lipinski definition) is 9. The molecule has 10 nitrogen and oxygen atoms in total. The van der Waals surface area contributed by atoms with Crippen molar-refractivity contribution in [1.82, 2.24) is 20.2 Å². The highest BCUT2D eigenvalue weighted by atomic mass is 32.2. The van der Waals surface area contributed by atoms with E-state index in [-0.39, 0.29) is 18.3 Å². The van der Waals surface area contributed by atoms with E-state index < -0.39 is 5.25 Å². The second-order valence-corrected chi connectivity index (χ2v) is 7.89. The first-order chi connectivity index (χ1) is 15.0. The van der Waals surface area contributed by atoms with Crippen molar-refractivity contribution in [2.75, 3.05) is 26.1 Å². The van der Waals surface area contributed by atoms with Gasteiger partial charge in [0.15, 0.2) is 12.4 Å². The molecule has 1 aromatic heterocycles. The molecular weight excluding hydrogens is 422 g/mol. The first kappa shape index (κ1) is 20.7. The number of fused-ring (bicyclic) bond motifs is 1. The zero-order valence-electron chi connectivity index (χ0n) is 17.0. The number of carbonyl (C=O) groups is 2. The Morgan fingerprint density at radius 1 is 1.23 bits per heavy atom. The lowest BCUT2D eigenvalue weighted by Gasteiger charge is -2.19. The number of tetrazole rings is 1. The lowest BCUT2D eigenvalue weighted by atomic mass is 10.1. The fraction of sp³-hybridized carbons (Fsp3) is 0.250. The molecule has 0 fully saturated rings. The maximum absolute atomic E-state index is 13.0. The Morgan fingerprint density at radius 2 is 2.06 bits per heavy atom. The predicted octanol–water partition coefficient (Wildman–Crippen LogP) is 2.37. The number of amides is 1. The highest BCUT2D eigenvalue weighted by molar-refractivity contribution is 8.00. The molecule has 1 N–H and O–H groups in total. The third kappa shape index (κ3) is 4.17. The summed E-state index contributed by atoms with van der Waals surface area (Å²) in [7, 11) is 3.11. The Morgan fingerprint density at radius 3 is 2.84 bits per heavy atom. The van der Waals surface area contributed by atoms with E-state index >= 15 is 0 Å². The van der Waals surface area contributed by atoms with Gasteiger partial charge in [0.2, 0.25) is 5.16 Å². The number of Topliss-reactive ketones (excluding diaryl/α,β-unsaturated/α-hetero) is 1. The van der Waals surface area contributed by atoms with Gasteiger partial charge in [0, 0.05) is 11.6 Å². The number of ketones is 1. The topological polar surface area (TPSA) is 117 Å². The van der Waals surface area contributed by atoms with Crippen LogP contribution in [-0.4, -0.2) is 58.0 Å². The molecule has 31 heavy (non-hydrogen) atoms. The van der Waals surface area contributed by atoms with Crippen LogP contribution >= 0.6 is 11.8 Å². The van der Waals surface area contributed by atoms with Crippen LogP contribution < -0.4 is 19.5 Å². The minimum atomic E-state index is -0.500. The van der Waals surface area contributed by atoms with Crippen molar-refractivity contribution >= 4 is 29.1 Å². The monoisotopic (exact) mass is 441 g/mol. The molecule has 0 saturated carbocycles. The number of hydrogen-bond donors (Lipinski definition) is 1. The number of nitrogens with one attached hydrogen (secondary N) is 1. The van der Waals surface area contributed by atoms with Crippen LogP contribution in [0.5, 0.6) is 17.2 Å². The molecule has 0 radical (unpaired) electrons. The highest BCUT2D eigenvalue weighted by Gasteiger charge is 2.24. The molecule has 1 amide bonds. The number of thioether (sulfide) groups is 1. The molecule has 0 saturated heterocycles. The van der Waals surface area contributed by atoms with Crippen LogP contribution in [0.4, 0.5) is 5.69 Å². The highest BCUT2D eigenvalue weighted by Crippen LogP contribution is 2.33. The van der Waals surface area contributed by atoms with Crippen LogP contribution in [0.1, 0.15) is 17.3 Å². The van der Waals surface area contributed by atoms with Gasteiger partial charge in [-0.15, -0.1) is 5.10 Å². The average molecular weight is 441 g/mol. The number of rotatable bonds is 7. The molecule has 1 aliphatic rings. The summed E-state index contributed by atoms with van der Waals surface area (Å²) in [6.45, 7) is 1.73. The Hall–Kier alpha value is -3.60. The number of methoxy groups -OCH3 is 2. The molecule has 1 aliphatic heterocycles. The van der Waals surface area contributed by atoms with Gasteiger partial charge in [-0.3, -0.25) is 9.59 Å². The van der Waals surface area contributed by atoms with Crippen LogP contribution in [0, 0.1) is 0 Å². The van der Waals surface area contributed by atoms with Gasteiger partial charge >= 0.3 is 0 Å². The van der Waals surface area contributed by atoms with E-state index in [1.807, 2.05) is 0 Å². The van der Waals surface area contributed by atoms with Crippen molar-refractivity contribution in [3.8, 4) is 22.9 Å². The van der Waals surface area contributed by atoms with E-state index in [2.05, 4.69) is 20.8 Å². The number of ether oxygens (including phenoxy) is 3. The maximum atomic E-state index is 13.0. The smallest absolute Gasteiger partial charge is 0.262 e. The zero-order valence-corrected chi connectivity index (χ0v) is 17.8. The normalized spacial score (nSPS) is 13.6. The summed E-state index contributed by atoms with van der Waals surface area (Å²) >= 11 is 1.21. The van der Waals surface area contributed by atoms with Gasteiger partial charge in [0.25, 0.3) is 5.91 Å². The third-order valence-corrected chi connectivity index (χ3v) is 5.64. The third-order valence-electron chi connectivity index (χ3n) is 4.60. The quantitative estimate of drug-likeness (QED) is 0.435. The van der Waals surface area contributed by atoms with Crippen molar-refractivity contribution < 1.29 is 23.8 Å². The average Bonchev–Trinajstić information content (AvgIpc) is 3.25. The SMILES string of the molecule is COc1ccc(OC)c(-n2nnnc2SC(C)C(=O)c2ccc3c(c2)NC(=O)CO3)c1. The van der Waals surface area contributed by atoms with Crippen LogP contribution in [0.3, 0.4) is 0 Å². The van der Waals surface area contributed by atoms with Gasteiger partial charge in [0.1, 0.15) is 22.9 Å². The summed E-state index contributed by atoms with van der Waals surface area (Å²) in [6.07, 6.45) is 0. The molecule has 2 heterocycles. The van der Waals surface area contributed by atoms with Gasteiger partial charge in [-0.2, -0.15) is 4.68 Å². The summed E-state index contributed by atoms with van der Waals surface area (Å²) in [4.78, 5) is 24.6. The van der Waals surface area contributed by atoms with Crippen molar-refractivity contribution in [1.29, 1.82) is 0 Å². The number of nitrogens with zero attached hydrogens (tertiary/aromatic N) is 4. The molecular formula is C20H19N5O5S. The lowest BCUT2D eigenvalue weighted by molar-refractivity contribution is -0.118. The van der Waals surface area contributed by atoms with E-state index in [4.69, 9.17) is 14.2 Å². The van der Waals surface area contributed by atoms with Crippen molar-refractivity contribution in [2.24, 2.45) is 0 Å². The second-order valence-electron chi connectivity index (χ2n) is 6.58. The minimum absolute atomic E-state index is 0.0387. The first-order valence-corrected chi connectivity index (χ1v) is 10.2. The molecule has 160 valence electrons. The van der Waals surface area contributed by atoms with E-state index in [9.17, 15) is 9.59 Å². The number of benzene rings is 2. The molecule has 0 spiro atoms.